The topological polar surface area (TPSA) is 96.0 Å². The van der Waals surface area contributed by atoms with Crippen molar-refractivity contribution in [1.82, 2.24) is 10.2 Å². The number of hydrogen-bond donors (Lipinski definition) is 1. The first-order valence-corrected chi connectivity index (χ1v) is 17.6. The van der Waals surface area contributed by atoms with E-state index in [-0.39, 0.29) is 35.5 Å². The lowest BCUT2D eigenvalue weighted by molar-refractivity contribution is -0.140. The van der Waals surface area contributed by atoms with E-state index < -0.39 is 28.5 Å². The minimum atomic E-state index is -4.21. The van der Waals surface area contributed by atoms with Gasteiger partial charge in [0.25, 0.3) is 10.0 Å². The molecule has 47 heavy (non-hydrogen) atoms. The van der Waals surface area contributed by atoms with Crippen LogP contribution in [-0.2, 0) is 32.6 Å². The number of halogens is 1. The molecule has 10 heteroatoms. The van der Waals surface area contributed by atoms with Gasteiger partial charge < -0.3 is 15.0 Å². The molecule has 0 heterocycles. The zero-order valence-corrected chi connectivity index (χ0v) is 28.2. The first kappa shape index (κ1) is 34.0. The van der Waals surface area contributed by atoms with Crippen LogP contribution in [0.25, 0.3) is 0 Å². The molecular formula is C37H40ClN3O5S. The molecule has 246 valence electrons. The number of carbonyl (C=O) groups excluding carboxylic acids is 2. The molecule has 0 radical (unpaired) electrons. The van der Waals surface area contributed by atoms with Crippen molar-refractivity contribution in [3.05, 3.63) is 125 Å². The number of sulfonamides is 1. The maximum absolute atomic E-state index is 14.6. The fraction of sp³-hybridized carbons (Fsp3) is 0.297. The Morgan fingerprint density at radius 2 is 1.53 bits per heavy atom. The van der Waals surface area contributed by atoms with E-state index in [0.29, 0.717) is 16.3 Å². The second-order valence-electron chi connectivity index (χ2n) is 11.8. The Labute approximate surface area is 282 Å². The second kappa shape index (κ2) is 15.5. The highest BCUT2D eigenvalue weighted by Crippen LogP contribution is 2.28. The molecular weight excluding hydrogens is 634 g/mol. The van der Waals surface area contributed by atoms with E-state index >= 15 is 0 Å². The number of nitrogens with zero attached hydrogens (tertiary/aromatic N) is 2. The third-order valence-corrected chi connectivity index (χ3v) is 10.7. The van der Waals surface area contributed by atoms with E-state index in [0.717, 1.165) is 41.1 Å². The molecule has 0 spiro atoms. The molecule has 1 atom stereocenters. The van der Waals surface area contributed by atoms with Crippen LogP contribution in [0, 0.1) is 6.92 Å². The summed E-state index contributed by atoms with van der Waals surface area (Å²) in [6.07, 6.45) is 4.06. The molecule has 1 N–H and O–H groups in total. The Kier molecular flexibility index (Phi) is 11.2. The standard InChI is InChI=1S/C37H40ClN3O5S/c1-27-16-22-33(23-17-27)47(44,45)41(31-18-20-32(46-2)21-19-31)26-36(42)40(25-29-12-6-9-15-34(29)38)35(24-28-10-4-3-5-11-28)37(43)39-30-13-7-8-14-30/h3-6,9-12,15-23,30,35H,7-8,13-14,24-26H2,1-2H3,(H,39,43)/t35-/m0/s1. The molecule has 5 rings (SSSR count). The summed E-state index contributed by atoms with van der Waals surface area (Å²) in [5.74, 6) is -0.280. The van der Waals surface area contributed by atoms with Crippen molar-refractivity contribution in [2.24, 2.45) is 0 Å². The summed E-state index contributed by atoms with van der Waals surface area (Å²) in [6, 6.07) is 28.7. The van der Waals surface area contributed by atoms with E-state index in [1.54, 1.807) is 54.6 Å². The van der Waals surface area contributed by atoms with Crippen LogP contribution < -0.4 is 14.4 Å². The summed E-state index contributed by atoms with van der Waals surface area (Å²) in [6.45, 7) is 1.33. The normalized spacial score (nSPS) is 13.9. The van der Waals surface area contributed by atoms with Gasteiger partial charge in [0.2, 0.25) is 11.8 Å². The summed E-state index contributed by atoms with van der Waals surface area (Å²) in [7, 11) is -2.68. The quantitative estimate of drug-likeness (QED) is 0.174. The van der Waals surface area contributed by atoms with Crippen molar-refractivity contribution in [2.75, 3.05) is 18.0 Å². The molecule has 1 saturated carbocycles. The Morgan fingerprint density at radius 1 is 0.894 bits per heavy atom. The monoisotopic (exact) mass is 673 g/mol. The number of carbonyl (C=O) groups is 2. The van der Waals surface area contributed by atoms with Crippen LogP contribution in [0.1, 0.15) is 42.4 Å². The van der Waals surface area contributed by atoms with E-state index in [2.05, 4.69) is 5.32 Å². The average Bonchev–Trinajstić information content (AvgIpc) is 3.59. The molecule has 4 aromatic carbocycles. The average molecular weight is 674 g/mol. The van der Waals surface area contributed by atoms with Crippen molar-refractivity contribution in [1.29, 1.82) is 0 Å². The van der Waals surface area contributed by atoms with Crippen LogP contribution in [0.4, 0.5) is 5.69 Å². The zero-order chi connectivity index (χ0) is 33.4. The summed E-state index contributed by atoms with van der Waals surface area (Å²) < 4.78 is 34.8. The van der Waals surface area contributed by atoms with Gasteiger partial charge in [-0.05, 0) is 73.4 Å². The second-order valence-corrected chi connectivity index (χ2v) is 14.1. The Hall–Kier alpha value is -4.34. The third-order valence-electron chi connectivity index (χ3n) is 8.52. The molecule has 0 aliphatic heterocycles. The summed E-state index contributed by atoms with van der Waals surface area (Å²) >= 11 is 6.59. The predicted molar refractivity (Wildman–Crippen MR) is 185 cm³/mol. The van der Waals surface area contributed by atoms with Crippen molar-refractivity contribution in [3.8, 4) is 5.75 Å². The van der Waals surface area contributed by atoms with Gasteiger partial charge >= 0.3 is 0 Å². The van der Waals surface area contributed by atoms with E-state index in [1.807, 2.05) is 43.3 Å². The molecule has 0 bridgehead atoms. The van der Waals surface area contributed by atoms with Crippen LogP contribution in [-0.4, -0.2) is 50.9 Å². The molecule has 8 nitrogen and oxygen atoms in total. The van der Waals surface area contributed by atoms with Gasteiger partial charge in [-0.1, -0.05) is 90.7 Å². The fourth-order valence-corrected chi connectivity index (χ4v) is 7.46. The van der Waals surface area contributed by atoms with Crippen LogP contribution in [0.15, 0.2) is 108 Å². The number of amides is 2. The fourth-order valence-electron chi connectivity index (χ4n) is 5.85. The maximum atomic E-state index is 14.6. The van der Waals surface area contributed by atoms with Gasteiger partial charge in [-0.15, -0.1) is 0 Å². The highest BCUT2D eigenvalue weighted by atomic mass is 35.5. The van der Waals surface area contributed by atoms with Crippen molar-refractivity contribution in [2.45, 2.75) is 62.6 Å². The first-order chi connectivity index (χ1) is 22.7. The zero-order valence-electron chi connectivity index (χ0n) is 26.6. The Balaban J connectivity index is 1.57. The van der Waals surface area contributed by atoms with Gasteiger partial charge in [-0.2, -0.15) is 0 Å². The minimum absolute atomic E-state index is 0.00905. The van der Waals surface area contributed by atoms with E-state index in [9.17, 15) is 18.0 Å². The molecule has 1 aliphatic carbocycles. The predicted octanol–water partition coefficient (Wildman–Crippen LogP) is 6.55. The van der Waals surface area contributed by atoms with Gasteiger partial charge in [0.1, 0.15) is 18.3 Å². The molecule has 2 amide bonds. The van der Waals surface area contributed by atoms with Gasteiger partial charge in [0.05, 0.1) is 17.7 Å². The minimum Gasteiger partial charge on any atom is -0.497 e. The van der Waals surface area contributed by atoms with Gasteiger partial charge in [0.15, 0.2) is 0 Å². The van der Waals surface area contributed by atoms with E-state index in [1.165, 1.54) is 24.1 Å². The number of nitrogens with one attached hydrogen (secondary N) is 1. The largest absolute Gasteiger partial charge is 0.497 e. The number of hydrogen-bond acceptors (Lipinski definition) is 5. The molecule has 0 aromatic heterocycles. The lowest BCUT2D eigenvalue weighted by atomic mass is 10.0. The number of ether oxygens (including phenoxy) is 1. The molecule has 4 aromatic rings. The smallest absolute Gasteiger partial charge is 0.264 e. The van der Waals surface area contributed by atoms with E-state index in [4.69, 9.17) is 16.3 Å². The van der Waals surface area contributed by atoms with Crippen LogP contribution in [0.3, 0.4) is 0 Å². The number of rotatable bonds is 13. The molecule has 1 aliphatic rings. The number of benzene rings is 4. The molecule has 0 unspecified atom stereocenters. The van der Waals surface area contributed by atoms with Crippen LogP contribution in [0.5, 0.6) is 5.75 Å². The van der Waals surface area contributed by atoms with Gasteiger partial charge in [0, 0.05) is 24.0 Å². The number of anilines is 1. The first-order valence-electron chi connectivity index (χ1n) is 15.8. The van der Waals surface area contributed by atoms with Crippen molar-refractivity contribution < 1.29 is 22.7 Å². The van der Waals surface area contributed by atoms with Crippen molar-refractivity contribution >= 4 is 39.1 Å². The SMILES string of the molecule is COc1ccc(N(CC(=O)N(Cc2ccccc2Cl)[C@@H](Cc2ccccc2)C(=O)NC2CCCC2)S(=O)(=O)c2ccc(C)cc2)cc1. The Morgan fingerprint density at radius 3 is 2.17 bits per heavy atom. The summed E-state index contributed by atoms with van der Waals surface area (Å²) in [4.78, 5) is 30.3. The highest BCUT2D eigenvalue weighted by molar-refractivity contribution is 7.92. The Bertz CT molecular complexity index is 1760. The third kappa shape index (κ3) is 8.53. The molecule has 1 fully saturated rings. The lowest BCUT2D eigenvalue weighted by Gasteiger charge is -2.34. The number of aryl methyl sites for hydroxylation is 1. The highest BCUT2D eigenvalue weighted by Gasteiger charge is 2.35. The lowest BCUT2D eigenvalue weighted by Crippen LogP contribution is -2.54. The molecule has 0 saturated heterocycles. The maximum Gasteiger partial charge on any atom is 0.264 e. The summed E-state index contributed by atoms with van der Waals surface area (Å²) in [5, 5.41) is 3.63. The van der Waals surface area contributed by atoms with Gasteiger partial charge in [-0.25, -0.2) is 8.42 Å². The van der Waals surface area contributed by atoms with Crippen LogP contribution in [0.2, 0.25) is 5.02 Å². The van der Waals surface area contributed by atoms with Crippen LogP contribution >= 0.6 is 11.6 Å². The summed E-state index contributed by atoms with van der Waals surface area (Å²) in [5.41, 5.74) is 2.70. The number of methoxy groups -OCH3 is 1. The van der Waals surface area contributed by atoms with Crippen molar-refractivity contribution in [3.63, 3.8) is 0 Å². The van der Waals surface area contributed by atoms with Gasteiger partial charge in [-0.3, -0.25) is 13.9 Å².